The van der Waals surface area contributed by atoms with Crippen LogP contribution in [-0.2, 0) is 6.54 Å². The van der Waals surface area contributed by atoms with Gasteiger partial charge in [-0.1, -0.05) is 0 Å². The van der Waals surface area contributed by atoms with E-state index in [0.717, 1.165) is 11.3 Å². The highest BCUT2D eigenvalue weighted by atomic mass is 32.1. The van der Waals surface area contributed by atoms with Crippen LogP contribution in [0, 0.1) is 0 Å². The number of aromatic nitrogens is 1. The molecule has 0 aliphatic rings. The van der Waals surface area contributed by atoms with Crippen molar-refractivity contribution in [2.45, 2.75) is 6.54 Å². The lowest BCUT2D eigenvalue weighted by molar-refractivity contribution is 0.111. The Hall–Kier alpha value is -0.740. The molecule has 0 saturated heterocycles. The van der Waals surface area contributed by atoms with Crippen molar-refractivity contribution in [1.82, 2.24) is 4.98 Å². The minimum atomic E-state index is 0.415. The summed E-state index contributed by atoms with van der Waals surface area (Å²) < 4.78 is 0. The van der Waals surface area contributed by atoms with E-state index in [9.17, 15) is 4.79 Å². The van der Waals surface area contributed by atoms with E-state index in [0.29, 0.717) is 12.2 Å². The highest BCUT2D eigenvalue weighted by Crippen LogP contribution is 2.05. The molecule has 1 aromatic rings. The number of carbonyl (C=O) groups excluding carboxylic acids is 1. The van der Waals surface area contributed by atoms with Crippen LogP contribution >= 0.6 is 11.3 Å². The molecule has 0 aromatic carbocycles. The van der Waals surface area contributed by atoms with Gasteiger partial charge < -0.3 is 5.73 Å². The van der Waals surface area contributed by atoms with Crippen molar-refractivity contribution in [2.24, 2.45) is 5.73 Å². The summed E-state index contributed by atoms with van der Waals surface area (Å²) in [6.45, 7) is 0.415. The normalized spacial score (nSPS) is 9.44. The molecular weight excluding hydrogens is 136 g/mol. The van der Waals surface area contributed by atoms with Gasteiger partial charge in [0.05, 0.1) is 0 Å². The van der Waals surface area contributed by atoms with Crippen LogP contribution in [0.2, 0.25) is 0 Å². The van der Waals surface area contributed by atoms with Crippen LogP contribution in [0.15, 0.2) is 5.38 Å². The van der Waals surface area contributed by atoms with Crippen LogP contribution < -0.4 is 5.73 Å². The molecule has 0 aliphatic heterocycles. The highest BCUT2D eigenvalue weighted by Gasteiger charge is 1.95. The first kappa shape index (κ1) is 6.38. The lowest BCUT2D eigenvalue weighted by atomic mass is 10.5. The predicted molar refractivity (Wildman–Crippen MR) is 35.4 cm³/mol. The fraction of sp³-hybridized carbons (Fsp3) is 0.200. The SMILES string of the molecule is NCc1nc(C=O)cs1. The number of nitrogens with zero attached hydrogens (tertiary/aromatic N) is 1. The van der Waals surface area contributed by atoms with Crippen molar-refractivity contribution < 1.29 is 4.79 Å². The summed E-state index contributed by atoms with van der Waals surface area (Å²) in [6, 6.07) is 0. The van der Waals surface area contributed by atoms with Gasteiger partial charge in [0.25, 0.3) is 0 Å². The van der Waals surface area contributed by atoms with E-state index in [2.05, 4.69) is 4.98 Å². The predicted octanol–water partition coefficient (Wildman–Crippen LogP) is 0.414. The largest absolute Gasteiger partial charge is 0.325 e. The van der Waals surface area contributed by atoms with E-state index in [1.54, 1.807) is 5.38 Å². The van der Waals surface area contributed by atoms with Crippen LogP contribution in [0.1, 0.15) is 15.5 Å². The zero-order valence-electron chi connectivity index (χ0n) is 4.70. The van der Waals surface area contributed by atoms with Gasteiger partial charge >= 0.3 is 0 Å². The Bertz CT molecular complexity index is 208. The third-order valence-corrected chi connectivity index (χ3v) is 1.75. The Kier molecular flexibility index (Phi) is 1.92. The fourth-order valence-corrected chi connectivity index (χ4v) is 1.09. The van der Waals surface area contributed by atoms with Crippen molar-refractivity contribution in [1.29, 1.82) is 0 Å². The summed E-state index contributed by atoms with van der Waals surface area (Å²) >= 11 is 1.41. The molecule has 1 rings (SSSR count). The number of hydrogen-bond donors (Lipinski definition) is 1. The van der Waals surface area contributed by atoms with Crippen molar-refractivity contribution in [3.63, 3.8) is 0 Å². The molecule has 0 bridgehead atoms. The summed E-state index contributed by atoms with van der Waals surface area (Å²) in [4.78, 5) is 13.9. The second kappa shape index (κ2) is 2.70. The zero-order valence-corrected chi connectivity index (χ0v) is 5.52. The zero-order chi connectivity index (χ0) is 6.69. The number of hydrogen-bond acceptors (Lipinski definition) is 4. The van der Waals surface area contributed by atoms with Gasteiger partial charge in [0, 0.05) is 11.9 Å². The highest BCUT2D eigenvalue weighted by molar-refractivity contribution is 7.09. The molecule has 0 atom stereocenters. The number of carbonyl (C=O) groups is 1. The third kappa shape index (κ3) is 1.34. The molecule has 0 radical (unpaired) electrons. The fourth-order valence-electron chi connectivity index (χ4n) is 0.473. The first-order valence-corrected chi connectivity index (χ1v) is 3.34. The molecule has 3 nitrogen and oxygen atoms in total. The maximum absolute atomic E-state index is 10.0. The van der Waals surface area contributed by atoms with E-state index < -0.39 is 0 Å². The number of nitrogens with two attached hydrogens (primary N) is 1. The Balaban J connectivity index is 2.86. The monoisotopic (exact) mass is 142 g/mol. The molecule has 0 saturated carbocycles. The number of aldehydes is 1. The first-order valence-electron chi connectivity index (χ1n) is 2.46. The summed E-state index contributed by atoms with van der Waals surface area (Å²) in [6.07, 6.45) is 0.718. The van der Waals surface area contributed by atoms with Gasteiger partial charge in [-0.3, -0.25) is 4.79 Å². The van der Waals surface area contributed by atoms with Gasteiger partial charge in [-0.05, 0) is 0 Å². The molecule has 0 amide bonds. The Morgan fingerprint density at radius 2 is 2.67 bits per heavy atom. The second-order valence-corrected chi connectivity index (χ2v) is 2.43. The average molecular weight is 142 g/mol. The molecule has 0 aliphatic carbocycles. The summed E-state index contributed by atoms with van der Waals surface area (Å²) in [5.74, 6) is 0. The summed E-state index contributed by atoms with van der Waals surface area (Å²) in [5.41, 5.74) is 5.72. The molecule has 2 N–H and O–H groups in total. The molecular formula is C5H6N2OS. The number of rotatable bonds is 2. The van der Waals surface area contributed by atoms with Crippen molar-refractivity contribution >= 4 is 17.6 Å². The lowest BCUT2D eigenvalue weighted by Crippen LogP contribution is -1.94. The van der Waals surface area contributed by atoms with E-state index in [1.807, 2.05) is 0 Å². The second-order valence-electron chi connectivity index (χ2n) is 1.49. The molecule has 4 heteroatoms. The molecule has 0 unspecified atom stereocenters. The standard InChI is InChI=1S/C5H6N2OS/c6-1-5-7-4(2-8)3-9-5/h2-3H,1,6H2. The van der Waals surface area contributed by atoms with Crippen LogP contribution in [0.25, 0.3) is 0 Å². The minimum Gasteiger partial charge on any atom is -0.325 e. The summed E-state index contributed by atoms with van der Waals surface area (Å²) in [5, 5.41) is 2.49. The number of thiazole rings is 1. The average Bonchev–Trinajstić information content (AvgIpc) is 2.34. The third-order valence-electron chi connectivity index (χ3n) is 0.865. The molecule has 1 heterocycles. The van der Waals surface area contributed by atoms with Gasteiger partial charge in [-0.25, -0.2) is 4.98 Å². The van der Waals surface area contributed by atoms with Crippen molar-refractivity contribution in [3.05, 3.63) is 16.1 Å². The maximum Gasteiger partial charge on any atom is 0.169 e. The Morgan fingerprint density at radius 1 is 1.89 bits per heavy atom. The van der Waals surface area contributed by atoms with Crippen LogP contribution in [0.4, 0.5) is 0 Å². The lowest BCUT2D eigenvalue weighted by Gasteiger charge is -1.79. The summed E-state index contributed by atoms with van der Waals surface area (Å²) in [7, 11) is 0. The molecule has 0 fully saturated rings. The van der Waals surface area contributed by atoms with Gasteiger partial charge in [-0.2, -0.15) is 0 Å². The first-order chi connectivity index (χ1) is 4.36. The van der Waals surface area contributed by atoms with Crippen LogP contribution in [0.5, 0.6) is 0 Å². The van der Waals surface area contributed by atoms with Crippen molar-refractivity contribution in [2.75, 3.05) is 0 Å². The molecule has 0 spiro atoms. The van der Waals surface area contributed by atoms with Gasteiger partial charge in [0.1, 0.15) is 10.7 Å². The van der Waals surface area contributed by atoms with Gasteiger partial charge in [0.2, 0.25) is 0 Å². The van der Waals surface area contributed by atoms with E-state index in [-0.39, 0.29) is 0 Å². The van der Waals surface area contributed by atoms with Gasteiger partial charge in [-0.15, -0.1) is 11.3 Å². The van der Waals surface area contributed by atoms with Crippen LogP contribution in [-0.4, -0.2) is 11.3 Å². The van der Waals surface area contributed by atoms with E-state index in [4.69, 9.17) is 5.73 Å². The van der Waals surface area contributed by atoms with Crippen LogP contribution in [0.3, 0.4) is 0 Å². The quantitative estimate of drug-likeness (QED) is 0.608. The topological polar surface area (TPSA) is 56.0 Å². The molecule has 1 aromatic heterocycles. The Morgan fingerprint density at radius 3 is 3.00 bits per heavy atom. The molecule has 48 valence electrons. The van der Waals surface area contributed by atoms with E-state index in [1.165, 1.54) is 11.3 Å². The minimum absolute atomic E-state index is 0.415. The Labute approximate surface area is 56.5 Å². The molecule has 9 heavy (non-hydrogen) atoms. The van der Waals surface area contributed by atoms with Crippen molar-refractivity contribution in [3.8, 4) is 0 Å². The maximum atomic E-state index is 10.0. The smallest absolute Gasteiger partial charge is 0.169 e. The van der Waals surface area contributed by atoms with Gasteiger partial charge in [0.15, 0.2) is 6.29 Å². The van der Waals surface area contributed by atoms with E-state index >= 15 is 0 Å².